The average Bonchev–Trinajstić information content (AvgIpc) is 2.96. The van der Waals surface area contributed by atoms with Crippen molar-refractivity contribution in [3.63, 3.8) is 0 Å². The normalized spacial score (nSPS) is 12.3. The number of aryl methyl sites for hydroxylation is 1. The van der Waals surface area contributed by atoms with Crippen molar-refractivity contribution in [3.8, 4) is 5.88 Å². The van der Waals surface area contributed by atoms with Crippen molar-refractivity contribution in [3.05, 3.63) is 35.8 Å². The van der Waals surface area contributed by atoms with Crippen LogP contribution in [-0.2, 0) is 6.54 Å². The van der Waals surface area contributed by atoms with Crippen LogP contribution in [0.15, 0.2) is 24.4 Å². The van der Waals surface area contributed by atoms with E-state index in [1.165, 1.54) is 0 Å². The van der Waals surface area contributed by atoms with E-state index in [9.17, 15) is 0 Å². The van der Waals surface area contributed by atoms with Crippen LogP contribution in [-0.4, -0.2) is 33.6 Å². The minimum atomic E-state index is -0.00388. The van der Waals surface area contributed by atoms with Crippen LogP contribution >= 0.6 is 0 Å². The predicted molar refractivity (Wildman–Crippen MR) is 76.6 cm³/mol. The lowest BCUT2D eigenvalue weighted by Crippen LogP contribution is -2.26. The second-order valence-corrected chi connectivity index (χ2v) is 4.46. The number of aromatic nitrogens is 4. The molecule has 1 atom stereocenters. The average molecular weight is 275 g/mol. The molecule has 6 nitrogen and oxygen atoms in total. The lowest BCUT2D eigenvalue weighted by Gasteiger charge is -2.18. The number of ether oxygens (including phenoxy) is 1. The van der Waals surface area contributed by atoms with Crippen LogP contribution in [0.4, 0.5) is 0 Å². The van der Waals surface area contributed by atoms with Crippen LogP contribution in [0.3, 0.4) is 0 Å². The Labute approximate surface area is 119 Å². The molecule has 0 amide bonds. The third-order valence-corrected chi connectivity index (χ3v) is 3.11. The summed E-state index contributed by atoms with van der Waals surface area (Å²) in [6.45, 7) is 5.96. The van der Waals surface area contributed by atoms with E-state index < -0.39 is 0 Å². The topological polar surface area (TPSA) is 64.9 Å². The van der Waals surface area contributed by atoms with Gasteiger partial charge in [-0.2, -0.15) is 5.10 Å². The number of hydrogen-bond donors (Lipinski definition) is 1. The molecule has 0 aromatic carbocycles. The molecule has 0 aliphatic heterocycles. The van der Waals surface area contributed by atoms with E-state index in [0.717, 1.165) is 30.9 Å². The van der Waals surface area contributed by atoms with Crippen LogP contribution in [0.2, 0.25) is 0 Å². The minimum Gasteiger partial charge on any atom is -0.480 e. The molecule has 0 aliphatic carbocycles. The van der Waals surface area contributed by atoms with Crippen LogP contribution < -0.4 is 10.1 Å². The Morgan fingerprint density at radius 2 is 2.10 bits per heavy atom. The second-order valence-electron chi connectivity index (χ2n) is 4.46. The lowest BCUT2D eigenvalue weighted by atomic mass is 10.1. The Balaban J connectivity index is 2.30. The van der Waals surface area contributed by atoms with Crippen molar-refractivity contribution >= 4 is 0 Å². The van der Waals surface area contributed by atoms with Gasteiger partial charge in [-0.1, -0.05) is 6.92 Å². The standard InChI is InChI=1S/C14H21N5O/c1-4-9-15-14(12-8-10-16-19(12)5-2)11-6-7-13(20-3)18-17-11/h6-8,10,14-15H,4-5,9H2,1-3H3. The molecule has 2 aromatic rings. The van der Waals surface area contributed by atoms with Gasteiger partial charge in [-0.25, -0.2) is 0 Å². The molecular formula is C14H21N5O. The monoisotopic (exact) mass is 275 g/mol. The fourth-order valence-corrected chi connectivity index (χ4v) is 2.09. The Hall–Kier alpha value is -1.95. The Kier molecular flexibility index (Phi) is 5.06. The van der Waals surface area contributed by atoms with E-state index in [1.54, 1.807) is 7.11 Å². The smallest absolute Gasteiger partial charge is 0.233 e. The summed E-state index contributed by atoms with van der Waals surface area (Å²) >= 11 is 0. The van der Waals surface area contributed by atoms with Crippen molar-refractivity contribution in [1.29, 1.82) is 0 Å². The summed E-state index contributed by atoms with van der Waals surface area (Å²) < 4.78 is 7.03. The summed E-state index contributed by atoms with van der Waals surface area (Å²) in [6, 6.07) is 5.78. The highest BCUT2D eigenvalue weighted by molar-refractivity contribution is 5.23. The summed E-state index contributed by atoms with van der Waals surface area (Å²) in [4.78, 5) is 0. The summed E-state index contributed by atoms with van der Waals surface area (Å²) in [5.74, 6) is 0.520. The molecular weight excluding hydrogens is 254 g/mol. The predicted octanol–water partition coefficient (Wildman–Crippen LogP) is 1.79. The Morgan fingerprint density at radius 3 is 2.70 bits per heavy atom. The van der Waals surface area contributed by atoms with Crippen molar-refractivity contribution in [2.24, 2.45) is 0 Å². The maximum absolute atomic E-state index is 5.05. The lowest BCUT2D eigenvalue weighted by molar-refractivity contribution is 0.389. The molecule has 0 spiro atoms. The van der Waals surface area contributed by atoms with Crippen LogP contribution in [0.1, 0.15) is 37.7 Å². The van der Waals surface area contributed by atoms with Gasteiger partial charge >= 0.3 is 0 Å². The molecule has 0 saturated heterocycles. The zero-order chi connectivity index (χ0) is 14.4. The first-order valence-electron chi connectivity index (χ1n) is 6.92. The van der Waals surface area contributed by atoms with E-state index in [4.69, 9.17) is 4.74 Å². The van der Waals surface area contributed by atoms with Crippen molar-refractivity contribution in [1.82, 2.24) is 25.3 Å². The van der Waals surface area contributed by atoms with Gasteiger partial charge < -0.3 is 10.1 Å². The Morgan fingerprint density at radius 1 is 1.25 bits per heavy atom. The van der Waals surface area contributed by atoms with E-state index in [0.29, 0.717) is 5.88 Å². The number of hydrogen-bond acceptors (Lipinski definition) is 5. The third-order valence-electron chi connectivity index (χ3n) is 3.11. The first-order chi connectivity index (χ1) is 9.80. The van der Waals surface area contributed by atoms with E-state index >= 15 is 0 Å². The summed E-state index contributed by atoms with van der Waals surface area (Å²) in [5, 5.41) is 16.1. The SMILES string of the molecule is CCCNC(c1ccc(OC)nn1)c1ccnn1CC. The van der Waals surface area contributed by atoms with Crippen LogP contribution in [0.5, 0.6) is 5.88 Å². The van der Waals surface area contributed by atoms with Crippen LogP contribution in [0, 0.1) is 0 Å². The van der Waals surface area contributed by atoms with Gasteiger partial charge in [0, 0.05) is 18.8 Å². The van der Waals surface area contributed by atoms with Gasteiger partial charge in [-0.15, -0.1) is 10.2 Å². The van der Waals surface area contributed by atoms with Gasteiger partial charge in [0.05, 0.1) is 24.5 Å². The maximum Gasteiger partial charge on any atom is 0.233 e. The molecule has 1 N–H and O–H groups in total. The Bertz CT molecular complexity index is 523. The van der Waals surface area contributed by atoms with Gasteiger partial charge in [0.25, 0.3) is 0 Å². The zero-order valence-electron chi connectivity index (χ0n) is 12.2. The molecule has 2 rings (SSSR count). The molecule has 0 bridgehead atoms. The van der Waals surface area contributed by atoms with Crippen LogP contribution in [0.25, 0.3) is 0 Å². The fraction of sp³-hybridized carbons (Fsp3) is 0.500. The van der Waals surface area contributed by atoms with Crippen molar-refractivity contribution < 1.29 is 4.74 Å². The highest BCUT2D eigenvalue weighted by Crippen LogP contribution is 2.20. The maximum atomic E-state index is 5.05. The number of nitrogens with one attached hydrogen (secondary N) is 1. The first-order valence-corrected chi connectivity index (χ1v) is 6.92. The summed E-state index contributed by atoms with van der Waals surface area (Å²) in [7, 11) is 1.59. The van der Waals surface area contributed by atoms with Gasteiger partial charge in [0.15, 0.2) is 0 Å². The van der Waals surface area contributed by atoms with Crippen molar-refractivity contribution in [2.45, 2.75) is 32.9 Å². The molecule has 0 aliphatic rings. The molecule has 108 valence electrons. The molecule has 6 heteroatoms. The quantitative estimate of drug-likeness (QED) is 0.834. The van der Waals surface area contributed by atoms with Gasteiger partial charge in [-0.3, -0.25) is 4.68 Å². The number of nitrogens with zero attached hydrogens (tertiary/aromatic N) is 4. The van der Waals surface area contributed by atoms with Gasteiger partial charge in [0.2, 0.25) is 5.88 Å². The summed E-state index contributed by atoms with van der Waals surface area (Å²) in [5.41, 5.74) is 1.97. The molecule has 0 radical (unpaired) electrons. The fourth-order valence-electron chi connectivity index (χ4n) is 2.09. The second kappa shape index (κ2) is 7.00. The molecule has 2 aromatic heterocycles. The highest BCUT2D eigenvalue weighted by atomic mass is 16.5. The van der Waals surface area contributed by atoms with Gasteiger partial charge in [-0.05, 0) is 32.0 Å². The van der Waals surface area contributed by atoms with E-state index in [2.05, 4.69) is 34.5 Å². The molecule has 1 unspecified atom stereocenters. The molecule has 2 heterocycles. The van der Waals surface area contributed by atoms with Gasteiger partial charge in [0.1, 0.15) is 0 Å². The first kappa shape index (κ1) is 14.5. The van der Waals surface area contributed by atoms with E-state index in [1.807, 2.05) is 29.1 Å². The highest BCUT2D eigenvalue weighted by Gasteiger charge is 2.19. The molecule has 20 heavy (non-hydrogen) atoms. The number of methoxy groups -OCH3 is 1. The minimum absolute atomic E-state index is 0.00388. The summed E-state index contributed by atoms with van der Waals surface area (Å²) in [6.07, 6.45) is 2.87. The zero-order valence-corrected chi connectivity index (χ0v) is 12.2. The molecule has 0 fully saturated rings. The molecule has 0 saturated carbocycles. The number of rotatable bonds is 7. The largest absolute Gasteiger partial charge is 0.480 e. The van der Waals surface area contributed by atoms with Crippen molar-refractivity contribution in [2.75, 3.05) is 13.7 Å². The third kappa shape index (κ3) is 3.14. The van der Waals surface area contributed by atoms with E-state index in [-0.39, 0.29) is 6.04 Å².